The molecule has 2 aromatic heterocycles. The van der Waals surface area contributed by atoms with Gasteiger partial charge in [0, 0.05) is 16.6 Å². The van der Waals surface area contributed by atoms with Crippen molar-refractivity contribution in [2.75, 3.05) is 6.61 Å². The summed E-state index contributed by atoms with van der Waals surface area (Å²) in [6, 6.07) is 12.8. The molecule has 4 rings (SSSR count). The molecule has 8 heteroatoms. The first-order valence-corrected chi connectivity index (χ1v) is 9.82. The molecule has 7 nitrogen and oxygen atoms in total. The first-order valence-electron chi connectivity index (χ1n) is 9.44. The van der Waals surface area contributed by atoms with Gasteiger partial charge in [0.1, 0.15) is 11.3 Å². The van der Waals surface area contributed by atoms with Crippen molar-refractivity contribution in [1.29, 1.82) is 0 Å². The van der Waals surface area contributed by atoms with E-state index in [0.29, 0.717) is 28.2 Å². The molecule has 0 amide bonds. The third-order valence-corrected chi connectivity index (χ3v) is 4.95. The second-order valence-corrected chi connectivity index (χ2v) is 7.31. The fraction of sp³-hybridized carbons (Fsp3) is 0.182. The van der Waals surface area contributed by atoms with Crippen LogP contribution in [0.5, 0.6) is 0 Å². The van der Waals surface area contributed by atoms with Gasteiger partial charge in [-0.2, -0.15) is 0 Å². The van der Waals surface area contributed by atoms with E-state index in [9.17, 15) is 9.59 Å². The Labute approximate surface area is 177 Å². The average molecular weight is 423 g/mol. The van der Waals surface area contributed by atoms with E-state index in [2.05, 4.69) is 10.3 Å². The van der Waals surface area contributed by atoms with Crippen LogP contribution < -0.4 is 5.43 Å². The summed E-state index contributed by atoms with van der Waals surface area (Å²) in [5.74, 6) is -0.635. The third-order valence-electron chi connectivity index (χ3n) is 4.70. The van der Waals surface area contributed by atoms with Crippen LogP contribution in [0.2, 0.25) is 5.02 Å². The molecule has 0 saturated carbocycles. The van der Waals surface area contributed by atoms with Crippen LogP contribution in [-0.4, -0.2) is 32.1 Å². The van der Waals surface area contributed by atoms with Crippen molar-refractivity contribution in [1.82, 2.24) is 19.6 Å². The van der Waals surface area contributed by atoms with Gasteiger partial charge in [-0.15, -0.1) is 5.10 Å². The normalized spacial score (nSPS) is 11.0. The molecular formula is C22H19ClN4O3. The van der Waals surface area contributed by atoms with Crippen molar-refractivity contribution in [3.05, 3.63) is 86.9 Å². The maximum Gasteiger partial charge on any atom is 0.343 e. The number of benzene rings is 2. The Bertz CT molecular complexity index is 1290. The first-order chi connectivity index (χ1) is 14.5. The van der Waals surface area contributed by atoms with E-state index >= 15 is 0 Å². The lowest BCUT2D eigenvalue weighted by Gasteiger charge is -2.12. The van der Waals surface area contributed by atoms with Crippen molar-refractivity contribution in [2.24, 2.45) is 0 Å². The number of aromatic nitrogens is 4. The van der Waals surface area contributed by atoms with Crippen LogP contribution in [0.1, 0.15) is 28.5 Å². The second-order valence-electron chi connectivity index (χ2n) is 6.87. The first kappa shape index (κ1) is 19.8. The Morgan fingerprint density at radius 1 is 1.13 bits per heavy atom. The summed E-state index contributed by atoms with van der Waals surface area (Å²) in [6.45, 7) is 4.13. The molecule has 0 saturated heterocycles. The van der Waals surface area contributed by atoms with E-state index in [0.717, 1.165) is 11.3 Å². The summed E-state index contributed by atoms with van der Waals surface area (Å²) in [4.78, 5) is 25.2. The quantitative estimate of drug-likeness (QED) is 0.457. The number of aryl methyl sites for hydroxylation is 1. The van der Waals surface area contributed by atoms with Crippen molar-refractivity contribution < 1.29 is 9.53 Å². The van der Waals surface area contributed by atoms with E-state index in [1.54, 1.807) is 36.0 Å². The topological polar surface area (TPSA) is 79.0 Å². The lowest BCUT2D eigenvalue weighted by molar-refractivity contribution is 0.0524. The average Bonchev–Trinajstić information content (AvgIpc) is 3.19. The number of hydrogen-bond donors (Lipinski definition) is 0. The van der Waals surface area contributed by atoms with Gasteiger partial charge in [0.15, 0.2) is 0 Å². The van der Waals surface area contributed by atoms with E-state index in [1.807, 2.05) is 35.8 Å². The third kappa shape index (κ3) is 3.84. The smallest absolute Gasteiger partial charge is 0.343 e. The molecular weight excluding hydrogens is 404 g/mol. The fourth-order valence-electron chi connectivity index (χ4n) is 3.26. The second kappa shape index (κ2) is 8.12. The van der Waals surface area contributed by atoms with Gasteiger partial charge in [0.05, 0.1) is 30.6 Å². The molecule has 0 spiro atoms. The Hall–Kier alpha value is -3.45. The number of esters is 1. The molecule has 2 heterocycles. The number of pyridine rings is 1. The molecule has 0 unspecified atom stereocenters. The molecule has 0 fully saturated rings. The predicted molar refractivity (Wildman–Crippen MR) is 114 cm³/mol. The van der Waals surface area contributed by atoms with Crippen LogP contribution in [0, 0.1) is 6.92 Å². The zero-order valence-corrected chi connectivity index (χ0v) is 17.3. The van der Waals surface area contributed by atoms with E-state index < -0.39 is 5.97 Å². The molecule has 30 heavy (non-hydrogen) atoms. The summed E-state index contributed by atoms with van der Waals surface area (Å²) < 4.78 is 8.53. The van der Waals surface area contributed by atoms with E-state index in [4.69, 9.17) is 16.3 Å². The lowest BCUT2D eigenvalue weighted by Crippen LogP contribution is -2.21. The summed E-state index contributed by atoms with van der Waals surface area (Å²) >= 11 is 5.94. The van der Waals surface area contributed by atoms with Gasteiger partial charge >= 0.3 is 5.97 Å². The van der Waals surface area contributed by atoms with Gasteiger partial charge in [0.25, 0.3) is 0 Å². The molecule has 4 aromatic rings. The molecule has 0 bridgehead atoms. The molecule has 0 atom stereocenters. The molecule has 0 aliphatic rings. The number of hydrogen-bond acceptors (Lipinski definition) is 5. The van der Waals surface area contributed by atoms with Gasteiger partial charge < -0.3 is 9.30 Å². The van der Waals surface area contributed by atoms with Crippen LogP contribution in [0.3, 0.4) is 0 Å². The van der Waals surface area contributed by atoms with Gasteiger partial charge in [-0.25, -0.2) is 9.48 Å². The van der Waals surface area contributed by atoms with Gasteiger partial charge in [-0.05, 0) is 50.2 Å². The van der Waals surface area contributed by atoms with Crippen molar-refractivity contribution >= 4 is 28.5 Å². The molecule has 0 aliphatic heterocycles. The number of fused-ring (bicyclic) bond motifs is 1. The Morgan fingerprint density at radius 2 is 1.90 bits per heavy atom. The minimum Gasteiger partial charge on any atom is -0.462 e. The lowest BCUT2D eigenvalue weighted by atomic mass is 10.1. The van der Waals surface area contributed by atoms with Crippen LogP contribution in [0.25, 0.3) is 16.6 Å². The Kier molecular flexibility index (Phi) is 5.37. The van der Waals surface area contributed by atoms with Crippen molar-refractivity contribution in [3.63, 3.8) is 0 Å². The maximum atomic E-state index is 12.9. The standard InChI is InChI=1S/C22H19ClN4O3/c1-3-30-22(29)19-13-26(20-9-4-14(2)10-18(20)21(19)28)11-16-12-27(25-24-16)17-7-5-15(23)6-8-17/h4-10,12-13H,3,11H2,1-2H3. The SMILES string of the molecule is CCOC(=O)c1cn(Cc2cn(-c3ccc(Cl)cc3)nn2)c2ccc(C)cc2c1=O. The number of ether oxygens (including phenoxy) is 1. The Balaban J connectivity index is 1.77. The molecule has 152 valence electrons. The van der Waals surface area contributed by atoms with Crippen LogP contribution in [0.4, 0.5) is 0 Å². The molecule has 2 aromatic carbocycles. The summed E-state index contributed by atoms with van der Waals surface area (Å²) in [6.07, 6.45) is 3.32. The number of carbonyl (C=O) groups is 1. The highest BCUT2D eigenvalue weighted by atomic mass is 35.5. The fourth-order valence-corrected chi connectivity index (χ4v) is 3.39. The highest BCUT2D eigenvalue weighted by Gasteiger charge is 2.17. The monoisotopic (exact) mass is 422 g/mol. The number of rotatable bonds is 5. The minimum atomic E-state index is -0.635. The summed E-state index contributed by atoms with van der Waals surface area (Å²) in [5.41, 5.74) is 2.80. The summed E-state index contributed by atoms with van der Waals surface area (Å²) in [7, 11) is 0. The van der Waals surface area contributed by atoms with Crippen LogP contribution in [-0.2, 0) is 11.3 Å². The predicted octanol–water partition coefficient (Wildman–Crippen LogP) is 3.77. The molecule has 0 radical (unpaired) electrons. The molecule has 0 N–H and O–H groups in total. The zero-order valence-electron chi connectivity index (χ0n) is 16.5. The zero-order chi connectivity index (χ0) is 21.3. The minimum absolute atomic E-state index is 0.0000399. The largest absolute Gasteiger partial charge is 0.462 e. The number of halogens is 1. The van der Waals surface area contributed by atoms with Crippen LogP contribution in [0.15, 0.2) is 59.7 Å². The highest BCUT2D eigenvalue weighted by Crippen LogP contribution is 2.17. The van der Waals surface area contributed by atoms with E-state index in [1.165, 1.54) is 6.20 Å². The number of nitrogens with zero attached hydrogens (tertiary/aromatic N) is 4. The van der Waals surface area contributed by atoms with Gasteiger partial charge in [-0.3, -0.25) is 4.79 Å². The van der Waals surface area contributed by atoms with Crippen molar-refractivity contribution in [2.45, 2.75) is 20.4 Å². The highest BCUT2D eigenvalue weighted by molar-refractivity contribution is 6.30. The van der Waals surface area contributed by atoms with Crippen LogP contribution >= 0.6 is 11.6 Å². The van der Waals surface area contributed by atoms with Gasteiger partial charge in [-0.1, -0.05) is 28.4 Å². The maximum absolute atomic E-state index is 12.9. The number of carbonyl (C=O) groups excluding carboxylic acids is 1. The van der Waals surface area contributed by atoms with Crippen molar-refractivity contribution in [3.8, 4) is 5.69 Å². The molecule has 0 aliphatic carbocycles. The summed E-state index contributed by atoms with van der Waals surface area (Å²) in [5, 5.41) is 9.50. The van der Waals surface area contributed by atoms with Gasteiger partial charge in [0.2, 0.25) is 5.43 Å². The van der Waals surface area contributed by atoms with E-state index in [-0.39, 0.29) is 17.6 Å². The Morgan fingerprint density at radius 3 is 2.63 bits per heavy atom.